The minimum absolute atomic E-state index is 0.0738. The van der Waals surface area contributed by atoms with Gasteiger partial charge in [0.25, 0.3) is 0 Å². The Bertz CT molecular complexity index is 1070. The van der Waals surface area contributed by atoms with Gasteiger partial charge in [0.1, 0.15) is 12.4 Å². The molecule has 1 heterocycles. The van der Waals surface area contributed by atoms with Crippen LogP contribution in [0.2, 0.25) is 0 Å². The summed E-state index contributed by atoms with van der Waals surface area (Å²) in [6.45, 7) is 3.58. The lowest BCUT2D eigenvalue weighted by Gasteiger charge is -2.28. The molecule has 2 aromatic carbocycles. The van der Waals surface area contributed by atoms with E-state index in [1.807, 2.05) is 41.8 Å². The second-order valence-corrected chi connectivity index (χ2v) is 9.24. The van der Waals surface area contributed by atoms with Crippen molar-refractivity contribution in [3.05, 3.63) is 87.9 Å². The molecule has 0 saturated heterocycles. The van der Waals surface area contributed by atoms with Gasteiger partial charge >= 0.3 is 6.03 Å². The molecule has 0 bridgehead atoms. The predicted molar refractivity (Wildman–Crippen MR) is 138 cm³/mol. The smallest absolute Gasteiger partial charge is 0.322 e. The van der Waals surface area contributed by atoms with Crippen molar-refractivity contribution in [2.45, 2.75) is 32.9 Å². The van der Waals surface area contributed by atoms with Gasteiger partial charge in [-0.25, -0.2) is 9.18 Å². The van der Waals surface area contributed by atoms with Crippen LogP contribution < -0.4 is 5.32 Å². The van der Waals surface area contributed by atoms with Crippen molar-refractivity contribution in [3.63, 3.8) is 0 Å². The molecular formula is C27H32FN3O3S. The number of methoxy groups -OCH3 is 1. The predicted octanol–water partition coefficient (Wildman–Crippen LogP) is 5.55. The molecule has 35 heavy (non-hydrogen) atoms. The fourth-order valence-electron chi connectivity index (χ4n) is 3.62. The minimum Gasteiger partial charge on any atom is -0.385 e. The summed E-state index contributed by atoms with van der Waals surface area (Å²) in [6, 6.07) is 17.4. The van der Waals surface area contributed by atoms with E-state index in [4.69, 9.17) is 4.74 Å². The van der Waals surface area contributed by atoms with E-state index in [2.05, 4.69) is 12.2 Å². The second-order valence-electron chi connectivity index (χ2n) is 8.21. The number of urea groups is 1. The largest absolute Gasteiger partial charge is 0.385 e. The molecule has 186 valence electrons. The normalized spacial score (nSPS) is 10.7. The topological polar surface area (TPSA) is 61.9 Å². The number of rotatable bonds is 12. The highest BCUT2D eigenvalue weighted by Crippen LogP contribution is 2.17. The summed E-state index contributed by atoms with van der Waals surface area (Å²) in [4.78, 5) is 30.8. The molecule has 0 aliphatic heterocycles. The highest BCUT2D eigenvalue weighted by molar-refractivity contribution is 7.09. The molecule has 0 atom stereocenters. The van der Waals surface area contributed by atoms with Crippen LogP contribution in [0.5, 0.6) is 0 Å². The lowest BCUT2D eigenvalue weighted by Crippen LogP contribution is -2.44. The number of amides is 3. The first-order valence-corrected chi connectivity index (χ1v) is 12.5. The molecule has 0 aliphatic carbocycles. The standard InChI is InChI=1S/C27H32FN3O3S/c1-3-21-7-4-8-24(17-21)29-27(33)30(14-6-15-34-2)20-26(32)31(19-25-9-5-16-35-25)18-22-10-12-23(28)13-11-22/h4-5,7-13,16-17H,3,6,14-15,18-20H2,1-2H3,(H,29,33). The first-order chi connectivity index (χ1) is 17.0. The number of ether oxygens (including phenoxy) is 1. The molecule has 0 aliphatic rings. The first-order valence-electron chi connectivity index (χ1n) is 11.7. The quantitative estimate of drug-likeness (QED) is 0.334. The van der Waals surface area contributed by atoms with Crippen LogP contribution >= 0.6 is 11.3 Å². The number of hydrogen-bond acceptors (Lipinski definition) is 4. The number of halogens is 1. The van der Waals surface area contributed by atoms with Crippen molar-refractivity contribution in [1.29, 1.82) is 0 Å². The van der Waals surface area contributed by atoms with E-state index in [0.717, 1.165) is 22.4 Å². The van der Waals surface area contributed by atoms with Gasteiger partial charge in [-0.1, -0.05) is 37.3 Å². The van der Waals surface area contributed by atoms with Crippen molar-refractivity contribution >= 4 is 29.0 Å². The number of anilines is 1. The van der Waals surface area contributed by atoms with Crippen LogP contribution in [0.15, 0.2) is 66.0 Å². The number of aryl methyl sites for hydroxylation is 1. The molecular weight excluding hydrogens is 465 g/mol. The Balaban J connectivity index is 1.75. The van der Waals surface area contributed by atoms with Gasteiger partial charge in [0.05, 0.1) is 6.54 Å². The van der Waals surface area contributed by atoms with Gasteiger partial charge in [-0.05, 0) is 59.7 Å². The Morgan fingerprint density at radius 1 is 1.00 bits per heavy atom. The number of carbonyl (C=O) groups is 2. The molecule has 0 unspecified atom stereocenters. The maximum Gasteiger partial charge on any atom is 0.322 e. The average molecular weight is 498 g/mol. The van der Waals surface area contributed by atoms with Gasteiger partial charge < -0.3 is 19.9 Å². The van der Waals surface area contributed by atoms with Gasteiger partial charge in [0.15, 0.2) is 0 Å². The van der Waals surface area contributed by atoms with Crippen LogP contribution in [0.4, 0.5) is 14.9 Å². The number of nitrogens with one attached hydrogen (secondary N) is 1. The second kappa shape index (κ2) is 13.6. The van der Waals surface area contributed by atoms with Crippen molar-refractivity contribution < 1.29 is 18.7 Å². The maximum absolute atomic E-state index is 13.4. The molecule has 3 amide bonds. The van der Waals surface area contributed by atoms with Crippen LogP contribution in [0.3, 0.4) is 0 Å². The van der Waals surface area contributed by atoms with Crippen molar-refractivity contribution in [2.24, 2.45) is 0 Å². The Kier molecular flexibility index (Phi) is 10.3. The third kappa shape index (κ3) is 8.49. The minimum atomic E-state index is -0.333. The maximum atomic E-state index is 13.4. The number of hydrogen-bond donors (Lipinski definition) is 1. The fourth-order valence-corrected chi connectivity index (χ4v) is 4.34. The Labute approximate surface area is 210 Å². The Morgan fingerprint density at radius 3 is 2.49 bits per heavy atom. The first kappa shape index (κ1) is 26.4. The van der Waals surface area contributed by atoms with Gasteiger partial charge in [0, 0.05) is 37.4 Å². The third-order valence-electron chi connectivity index (χ3n) is 5.54. The molecule has 0 fully saturated rings. The molecule has 1 aromatic heterocycles. The zero-order valence-electron chi connectivity index (χ0n) is 20.2. The summed E-state index contributed by atoms with van der Waals surface area (Å²) in [6.07, 6.45) is 1.47. The molecule has 3 rings (SSSR count). The molecule has 0 spiro atoms. The highest BCUT2D eigenvalue weighted by atomic mass is 32.1. The van der Waals surface area contributed by atoms with Crippen LogP contribution in [0.1, 0.15) is 29.3 Å². The summed E-state index contributed by atoms with van der Waals surface area (Å²) in [5.74, 6) is -0.504. The fraction of sp³-hybridized carbons (Fsp3) is 0.333. The van der Waals surface area contributed by atoms with Gasteiger partial charge in [-0.3, -0.25) is 4.79 Å². The van der Waals surface area contributed by atoms with Crippen molar-refractivity contribution in [2.75, 3.05) is 32.1 Å². The Morgan fingerprint density at radius 2 is 1.80 bits per heavy atom. The molecule has 0 radical (unpaired) electrons. The lowest BCUT2D eigenvalue weighted by atomic mass is 10.1. The number of nitrogens with zero attached hydrogens (tertiary/aromatic N) is 2. The zero-order valence-corrected chi connectivity index (χ0v) is 21.0. The van der Waals surface area contributed by atoms with Crippen LogP contribution in [-0.2, 0) is 29.0 Å². The highest BCUT2D eigenvalue weighted by Gasteiger charge is 2.22. The number of benzene rings is 2. The van der Waals surface area contributed by atoms with E-state index >= 15 is 0 Å². The molecule has 6 nitrogen and oxygen atoms in total. The van der Waals surface area contributed by atoms with Gasteiger partial charge in [0.2, 0.25) is 5.91 Å². The van der Waals surface area contributed by atoms with E-state index in [0.29, 0.717) is 38.3 Å². The Hall–Kier alpha value is -3.23. The van der Waals surface area contributed by atoms with E-state index < -0.39 is 0 Å². The SMILES string of the molecule is CCc1cccc(NC(=O)N(CCCOC)CC(=O)N(Cc2ccc(F)cc2)Cc2cccs2)c1. The zero-order chi connectivity index (χ0) is 25.0. The molecule has 1 N–H and O–H groups in total. The molecule has 8 heteroatoms. The monoisotopic (exact) mass is 497 g/mol. The van der Waals surface area contributed by atoms with Gasteiger partial charge in [-0.15, -0.1) is 11.3 Å². The van der Waals surface area contributed by atoms with Crippen molar-refractivity contribution in [1.82, 2.24) is 9.80 Å². The molecule has 0 saturated carbocycles. The third-order valence-corrected chi connectivity index (χ3v) is 6.40. The summed E-state index contributed by atoms with van der Waals surface area (Å²) in [7, 11) is 1.61. The number of thiophene rings is 1. The summed E-state index contributed by atoms with van der Waals surface area (Å²) >= 11 is 1.57. The summed E-state index contributed by atoms with van der Waals surface area (Å²) in [5.41, 5.74) is 2.63. The van der Waals surface area contributed by atoms with E-state index in [9.17, 15) is 14.0 Å². The van der Waals surface area contributed by atoms with Crippen LogP contribution in [0.25, 0.3) is 0 Å². The summed E-state index contributed by atoms with van der Waals surface area (Å²) in [5, 5.41) is 4.89. The molecule has 3 aromatic rings. The van der Waals surface area contributed by atoms with Crippen LogP contribution in [0, 0.1) is 5.82 Å². The van der Waals surface area contributed by atoms with Gasteiger partial charge in [-0.2, -0.15) is 0 Å². The average Bonchev–Trinajstić information content (AvgIpc) is 3.37. The van der Waals surface area contributed by atoms with Crippen molar-refractivity contribution in [3.8, 4) is 0 Å². The van der Waals surface area contributed by atoms with E-state index in [1.54, 1.807) is 35.5 Å². The van der Waals surface area contributed by atoms with Crippen LogP contribution in [-0.4, -0.2) is 48.5 Å². The van der Waals surface area contributed by atoms with E-state index in [-0.39, 0.29) is 24.3 Å². The summed E-state index contributed by atoms with van der Waals surface area (Å²) < 4.78 is 18.5. The lowest BCUT2D eigenvalue weighted by molar-refractivity contribution is -0.133. The van der Waals surface area contributed by atoms with E-state index in [1.165, 1.54) is 17.0 Å². The number of carbonyl (C=O) groups excluding carboxylic acids is 2.